The van der Waals surface area contributed by atoms with E-state index in [4.69, 9.17) is 4.74 Å². The van der Waals surface area contributed by atoms with Crippen LogP contribution in [0.2, 0.25) is 0 Å². The zero-order valence-corrected chi connectivity index (χ0v) is 45.6. The highest BCUT2D eigenvalue weighted by molar-refractivity contribution is 5.76. The molecule has 68 heavy (non-hydrogen) atoms. The average molecular weight is 957 g/mol. The fourth-order valence-corrected chi connectivity index (χ4v) is 9.24. The molecule has 0 rings (SSSR count). The van der Waals surface area contributed by atoms with E-state index in [2.05, 4.69) is 55.6 Å². The Kier molecular flexibility index (Phi) is 56.0. The van der Waals surface area contributed by atoms with Gasteiger partial charge in [-0.1, -0.05) is 269 Å². The largest absolute Gasteiger partial charge is 0.466 e. The van der Waals surface area contributed by atoms with Gasteiger partial charge in [0.15, 0.2) is 0 Å². The van der Waals surface area contributed by atoms with Gasteiger partial charge in [0.25, 0.3) is 0 Å². The second kappa shape index (κ2) is 57.7. The first-order chi connectivity index (χ1) is 33.5. The van der Waals surface area contributed by atoms with Crippen molar-refractivity contribution >= 4 is 11.9 Å². The molecule has 0 aliphatic rings. The summed E-state index contributed by atoms with van der Waals surface area (Å²) in [6, 6.07) is -0.553. The predicted octanol–water partition coefficient (Wildman–Crippen LogP) is 18.8. The highest BCUT2D eigenvalue weighted by Crippen LogP contribution is 2.17. The first-order valence-electron chi connectivity index (χ1n) is 30.2. The van der Waals surface area contributed by atoms with Gasteiger partial charge in [0, 0.05) is 12.8 Å². The van der Waals surface area contributed by atoms with Gasteiger partial charge in [0.2, 0.25) is 5.91 Å². The summed E-state index contributed by atoms with van der Waals surface area (Å²) >= 11 is 0. The number of nitrogens with one attached hydrogen (secondary N) is 1. The van der Waals surface area contributed by atoms with Crippen LogP contribution in [0.15, 0.2) is 36.5 Å². The fourth-order valence-electron chi connectivity index (χ4n) is 9.24. The van der Waals surface area contributed by atoms with E-state index in [1.54, 1.807) is 0 Å². The molecule has 6 nitrogen and oxygen atoms in total. The zero-order chi connectivity index (χ0) is 49.3. The van der Waals surface area contributed by atoms with Crippen LogP contribution in [0.4, 0.5) is 0 Å². The number of amides is 1. The van der Waals surface area contributed by atoms with Crippen LogP contribution < -0.4 is 5.32 Å². The van der Waals surface area contributed by atoms with E-state index in [0.29, 0.717) is 25.9 Å². The summed E-state index contributed by atoms with van der Waals surface area (Å²) in [5.41, 5.74) is 0. The van der Waals surface area contributed by atoms with E-state index >= 15 is 0 Å². The van der Waals surface area contributed by atoms with Gasteiger partial charge in [-0.3, -0.25) is 9.59 Å². The Morgan fingerprint density at radius 1 is 0.412 bits per heavy atom. The van der Waals surface area contributed by atoms with Gasteiger partial charge in [-0.05, 0) is 77.0 Å². The van der Waals surface area contributed by atoms with Crippen molar-refractivity contribution in [2.24, 2.45) is 0 Å². The SMILES string of the molecule is CCCC/C=C\C/C=C\CCCCCCCC(=O)OCCCCCCCCCCC/C=C\CCCCCCCC(=O)NC(CO)C(O)CCCCCCCCCCCCCCCCCCCCC. The monoisotopic (exact) mass is 956 g/mol. The number of unbranched alkanes of at least 4 members (excludes halogenated alkanes) is 39. The van der Waals surface area contributed by atoms with Crippen LogP contribution in [0.5, 0.6) is 0 Å². The normalized spacial score (nSPS) is 12.8. The highest BCUT2D eigenvalue weighted by atomic mass is 16.5. The van der Waals surface area contributed by atoms with Crippen LogP contribution in [0.1, 0.15) is 322 Å². The maximum atomic E-state index is 12.5. The highest BCUT2D eigenvalue weighted by Gasteiger charge is 2.20. The van der Waals surface area contributed by atoms with Gasteiger partial charge in [-0.15, -0.1) is 0 Å². The molecule has 400 valence electrons. The van der Waals surface area contributed by atoms with Gasteiger partial charge in [0.1, 0.15) is 0 Å². The van der Waals surface area contributed by atoms with Crippen molar-refractivity contribution in [3.05, 3.63) is 36.5 Å². The number of aliphatic hydroxyl groups excluding tert-OH is 2. The smallest absolute Gasteiger partial charge is 0.305 e. The van der Waals surface area contributed by atoms with Gasteiger partial charge in [-0.25, -0.2) is 0 Å². The third-order valence-corrected chi connectivity index (χ3v) is 13.9. The Bertz CT molecular complexity index is 1100. The third-order valence-electron chi connectivity index (χ3n) is 13.9. The topological polar surface area (TPSA) is 95.9 Å². The Hall–Kier alpha value is -1.92. The van der Waals surface area contributed by atoms with Crippen LogP contribution in [-0.2, 0) is 14.3 Å². The number of hydrogen-bond donors (Lipinski definition) is 3. The minimum absolute atomic E-state index is 0.0115. The zero-order valence-electron chi connectivity index (χ0n) is 45.6. The summed E-state index contributed by atoms with van der Waals surface area (Å²) in [6.07, 6.45) is 71.4. The molecule has 0 aliphatic carbocycles. The lowest BCUT2D eigenvalue weighted by Crippen LogP contribution is -2.45. The molecule has 1 amide bonds. The molecule has 0 aromatic carbocycles. The second-order valence-corrected chi connectivity index (χ2v) is 20.7. The molecule has 2 atom stereocenters. The van der Waals surface area contributed by atoms with E-state index in [-0.39, 0.29) is 18.5 Å². The number of ether oxygens (including phenoxy) is 1. The Morgan fingerprint density at radius 3 is 1.18 bits per heavy atom. The van der Waals surface area contributed by atoms with Gasteiger partial charge >= 0.3 is 5.97 Å². The quantitative estimate of drug-likeness (QED) is 0.0321. The maximum Gasteiger partial charge on any atom is 0.305 e. The lowest BCUT2D eigenvalue weighted by Gasteiger charge is -2.22. The summed E-state index contributed by atoms with van der Waals surface area (Å²) in [7, 11) is 0. The van der Waals surface area contributed by atoms with Crippen molar-refractivity contribution < 1.29 is 24.5 Å². The van der Waals surface area contributed by atoms with Crippen LogP contribution in [0.3, 0.4) is 0 Å². The molecule has 3 N–H and O–H groups in total. The Morgan fingerprint density at radius 2 is 0.750 bits per heavy atom. The van der Waals surface area contributed by atoms with Gasteiger partial charge in [0.05, 0.1) is 25.4 Å². The van der Waals surface area contributed by atoms with Crippen molar-refractivity contribution in [2.45, 2.75) is 334 Å². The van der Waals surface area contributed by atoms with Crippen LogP contribution in [-0.4, -0.2) is 47.4 Å². The number of carbonyl (C=O) groups excluding carboxylic acids is 2. The molecular formula is C62H117NO5. The van der Waals surface area contributed by atoms with Crippen molar-refractivity contribution in [3.63, 3.8) is 0 Å². The van der Waals surface area contributed by atoms with Crippen LogP contribution in [0.25, 0.3) is 0 Å². The maximum absolute atomic E-state index is 12.5. The molecule has 0 heterocycles. The van der Waals surface area contributed by atoms with E-state index in [1.165, 1.54) is 218 Å². The van der Waals surface area contributed by atoms with Crippen LogP contribution in [0, 0.1) is 0 Å². The van der Waals surface area contributed by atoms with Crippen molar-refractivity contribution in [1.29, 1.82) is 0 Å². The van der Waals surface area contributed by atoms with Crippen molar-refractivity contribution in [1.82, 2.24) is 5.32 Å². The molecule has 0 aromatic rings. The lowest BCUT2D eigenvalue weighted by atomic mass is 10.0. The summed E-state index contributed by atoms with van der Waals surface area (Å²) in [5, 5.41) is 23.3. The predicted molar refractivity (Wildman–Crippen MR) is 296 cm³/mol. The summed E-state index contributed by atoms with van der Waals surface area (Å²) in [6.45, 7) is 4.91. The minimum Gasteiger partial charge on any atom is -0.466 e. The molecule has 0 saturated heterocycles. The number of rotatable bonds is 56. The number of hydrogen-bond acceptors (Lipinski definition) is 5. The molecule has 0 spiro atoms. The molecule has 2 unspecified atom stereocenters. The van der Waals surface area contributed by atoms with Crippen LogP contribution >= 0.6 is 0 Å². The van der Waals surface area contributed by atoms with Gasteiger partial charge in [-0.2, -0.15) is 0 Å². The first kappa shape index (κ1) is 66.1. The van der Waals surface area contributed by atoms with Crippen molar-refractivity contribution in [3.8, 4) is 0 Å². The summed E-state index contributed by atoms with van der Waals surface area (Å²) < 4.78 is 5.46. The molecule has 0 fully saturated rings. The molecule has 0 bridgehead atoms. The van der Waals surface area contributed by atoms with Gasteiger partial charge < -0.3 is 20.3 Å². The molecule has 0 aliphatic heterocycles. The number of carbonyl (C=O) groups is 2. The molecule has 0 radical (unpaired) electrons. The number of aliphatic hydroxyl groups is 2. The molecular weight excluding hydrogens is 839 g/mol. The first-order valence-corrected chi connectivity index (χ1v) is 30.2. The minimum atomic E-state index is -0.674. The fraction of sp³-hybridized carbons (Fsp3) is 0.871. The number of allylic oxidation sites excluding steroid dienone is 6. The van der Waals surface area contributed by atoms with E-state index in [0.717, 1.165) is 70.6 Å². The molecule has 0 aromatic heterocycles. The lowest BCUT2D eigenvalue weighted by molar-refractivity contribution is -0.143. The third kappa shape index (κ3) is 53.4. The standard InChI is InChI=1S/C62H117NO5/c1-3-5-7-9-11-13-15-17-19-20-21-24-27-30-34-38-42-46-50-54-60(65)59(58-64)63-61(66)55-51-47-43-39-35-31-28-25-22-23-26-29-33-37-41-45-49-53-57-68-62(67)56-52-48-44-40-36-32-18-16-14-12-10-8-6-4-2/h10,12,16,18,25,28,59-60,64-65H,3-9,11,13-15,17,19-24,26-27,29-58H2,1-2H3,(H,63,66)/b12-10-,18-16-,28-25-. The molecule has 0 saturated carbocycles. The Labute approximate surface area is 424 Å². The second-order valence-electron chi connectivity index (χ2n) is 20.7. The van der Waals surface area contributed by atoms with E-state index in [1.807, 2.05) is 0 Å². The van der Waals surface area contributed by atoms with E-state index < -0.39 is 12.1 Å². The van der Waals surface area contributed by atoms with Crippen molar-refractivity contribution in [2.75, 3.05) is 13.2 Å². The summed E-state index contributed by atoms with van der Waals surface area (Å²) in [5.74, 6) is -0.0591. The summed E-state index contributed by atoms with van der Waals surface area (Å²) in [4.78, 5) is 24.5. The Balaban J connectivity index is 3.46. The molecule has 6 heteroatoms. The number of esters is 1. The van der Waals surface area contributed by atoms with E-state index in [9.17, 15) is 19.8 Å². The average Bonchev–Trinajstić information content (AvgIpc) is 3.34.